The van der Waals surface area contributed by atoms with Crippen molar-refractivity contribution >= 4 is 5.91 Å². The van der Waals surface area contributed by atoms with Crippen LogP contribution >= 0.6 is 0 Å². The highest BCUT2D eigenvalue weighted by Gasteiger charge is 2.28. The molecule has 0 aromatic carbocycles. The second-order valence-electron chi connectivity index (χ2n) is 6.46. The normalized spacial score (nSPS) is 18.4. The highest BCUT2D eigenvalue weighted by molar-refractivity contribution is 5.79. The number of hydrogen-bond donors (Lipinski definition) is 0. The first-order valence-corrected chi connectivity index (χ1v) is 8.25. The largest absolute Gasteiger partial charge is 0.361 e. The number of aromatic nitrogens is 3. The maximum atomic E-state index is 12.8. The van der Waals surface area contributed by atoms with Gasteiger partial charge in [-0.15, -0.1) is 0 Å². The predicted molar refractivity (Wildman–Crippen MR) is 86.0 cm³/mol. The van der Waals surface area contributed by atoms with Crippen molar-refractivity contribution < 1.29 is 9.32 Å². The molecule has 2 aromatic rings. The van der Waals surface area contributed by atoms with Gasteiger partial charge >= 0.3 is 0 Å². The second-order valence-corrected chi connectivity index (χ2v) is 6.46. The van der Waals surface area contributed by atoms with Crippen LogP contribution in [-0.4, -0.2) is 38.3 Å². The predicted octanol–water partition coefficient (Wildman–Crippen LogP) is 2.42. The zero-order valence-electron chi connectivity index (χ0n) is 14.1. The molecule has 3 heterocycles. The van der Waals surface area contributed by atoms with Crippen molar-refractivity contribution in [1.29, 1.82) is 0 Å². The molecule has 1 aliphatic rings. The summed E-state index contributed by atoms with van der Waals surface area (Å²) >= 11 is 0. The van der Waals surface area contributed by atoms with Crippen molar-refractivity contribution in [3.05, 3.63) is 35.0 Å². The Morgan fingerprint density at radius 1 is 1.35 bits per heavy atom. The van der Waals surface area contributed by atoms with E-state index in [9.17, 15) is 4.79 Å². The minimum absolute atomic E-state index is 0.160. The van der Waals surface area contributed by atoms with Gasteiger partial charge in [-0.2, -0.15) is 5.10 Å². The van der Waals surface area contributed by atoms with Gasteiger partial charge in [0, 0.05) is 18.3 Å². The van der Waals surface area contributed by atoms with Crippen molar-refractivity contribution in [3.8, 4) is 0 Å². The molecular formula is C17H24N4O2. The van der Waals surface area contributed by atoms with Crippen molar-refractivity contribution in [3.63, 3.8) is 0 Å². The van der Waals surface area contributed by atoms with E-state index in [-0.39, 0.29) is 11.9 Å². The van der Waals surface area contributed by atoms with E-state index >= 15 is 0 Å². The summed E-state index contributed by atoms with van der Waals surface area (Å²) in [6, 6.07) is 0.219. The average molecular weight is 316 g/mol. The van der Waals surface area contributed by atoms with E-state index in [4.69, 9.17) is 4.52 Å². The quantitative estimate of drug-likeness (QED) is 0.869. The fourth-order valence-corrected chi connectivity index (χ4v) is 3.31. The summed E-state index contributed by atoms with van der Waals surface area (Å²) in [7, 11) is 0. The number of likely N-dealkylation sites (tertiary alicyclic amines) is 1. The van der Waals surface area contributed by atoms with Crippen LogP contribution in [0, 0.1) is 20.8 Å². The van der Waals surface area contributed by atoms with E-state index in [1.54, 1.807) is 0 Å². The van der Waals surface area contributed by atoms with Gasteiger partial charge in [-0.25, -0.2) is 0 Å². The zero-order chi connectivity index (χ0) is 16.4. The Morgan fingerprint density at radius 3 is 2.83 bits per heavy atom. The standard InChI is InChI=1S/C17H24N4O2/c1-12-9-18-20(10-12)11-15-6-4-5-7-21(15)17(22)8-16-13(2)19-23-14(16)3/h9-10,15H,4-8,11H2,1-3H3/t15-/m0/s1. The lowest BCUT2D eigenvalue weighted by molar-refractivity contribution is -0.134. The molecule has 6 nitrogen and oxygen atoms in total. The summed E-state index contributed by atoms with van der Waals surface area (Å²) in [5.74, 6) is 0.903. The number of rotatable bonds is 4. The topological polar surface area (TPSA) is 64.2 Å². The Kier molecular flexibility index (Phi) is 4.50. The molecule has 0 spiro atoms. The molecule has 6 heteroatoms. The van der Waals surface area contributed by atoms with Crippen LogP contribution in [0.5, 0.6) is 0 Å². The van der Waals surface area contributed by atoms with Crippen LogP contribution in [0.4, 0.5) is 0 Å². The van der Waals surface area contributed by atoms with Crippen LogP contribution in [0.3, 0.4) is 0 Å². The van der Waals surface area contributed by atoms with E-state index in [1.165, 1.54) is 6.42 Å². The molecule has 1 saturated heterocycles. The number of carbonyl (C=O) groups is 1. The van der Waals surface area contributed by atoms with Gasteiger partial charge in [0.15, 0.2) is 0 Å². The molecular weight excluding hydrogens is 292 g/mol. The van der Waals surface area contributed by atoms with E-state index in [1.807, 2.05) is 42.7 Å². The van der Waals surface area contributed by atoms with Crippen LogP contribution in [0.15, 0.2) is 16.9 Å². The van der Waals surface area contributed by atoms with Crippen molar-refractivity contribution in [2.45, 2.75) is 59.0 Å². The Balaban J connectivity index is 1.71. The lowest BCUT2D eigenvalue weighted by Crippen LogP contribution is -2.46. The number of aryl methyl sites for hydroxylation is 3. The maximum absolute atomic E-state index is 12.8. The molecule has 1 atom stereocenters. The van der Waals surface area contributed by atoms with E-state index in [2.05, 4.69) is 10.3 Å². The number of nitrogens with zero attached hydrogens (tertiary/aromatic N) is 4. The number of amides is 1. The van der Waals surface area contributed by atoms with Crippen LogP contribution in [0.25, 0.3) is 0 Å². The molecule has 23 heavy (non-hydrogen) atoms. The Bertz CT molecular complexity index is 669. The molecule has 0 bridgehead atoms. The van der Waals surface area contributed by atoms with Gasteiger partial charge in [0.25, 0.3) is 0 Å². The highest BCUT2D eigenvalue weighted by Crippen LogP contribution is 2.21. The molecule has 1 fully saturated rings. The third kappa shape index (κ3) is 3.46. The molecule has 0 unspecified atom stereocenters. The number of carbonyl (C=O) groups excluding carboxylic acids is 1. The summed E-state index contributed by atoms with van der Waals surface area (Å²) in [6.45, 7) is 7.38. The fraction of sp³-hybridized carbons (Fsp3) is 0.588. The first-order valence-electron chi connectivity index (χ1n) is 8.25. The molecule has 2 aromatic heterocycles. The van der Waals surface area contributed by atoms with Crippen molar-refractivity contribution in [1.82, 2.24) is 19.8 Å². The van der Waals surface area contributed by atoms with Gasteiger partial charge in [-0.05, 0) is 45.6 Å². The average Bonchev–Trinajstić information content (AvgIpc) is 3.08. The summed E-state index contributed by atoms with van der Waals surface area (Å²) in [6.07, 6.45) is 7.54. The van der Waals surface area contributed by atoms with Crippen LogP contribution in [-0.2, 0) is 17.8 Å². The minimum atomic E-state index is 0.160. The summed E-state index contributed by atoms with van der Waals surface area (Å²) < 4.78 is 7.12. The summed E-state index contributed by atoms with van der Waals surface area (Å²) in [4.78, 5) is 14.8. The van der Waals surface area contributed by atoms with Gasteiger partial charge in [-0.3, -0.25) is 9.48 Å². The monoisotopic (exact) mass is 316 g/mol. The van der Waals surface area contributed by atoms with E-state index < -0.39 is 0 Å². The molecule has 1 aliphatic heterocycles. The molecule has 0 aliphatic carbocycles. The van der Waals surface area contributed by atoms with E-state index in [0.717, 1.165) is 48.5 Å². The minimum Gasteiger partial charge on any atom is -0.361 e. The first kappa shape index (κ1) is 15.8. The summed E-state index contributed by atoms with van der Waals surface area (Å²) in [5.41, 5.74) is 2.88. The molecule has 124 valence electrons. The van der Waals surface area contributed by atoms with Gasteiger partial charge in [-0.1, -0.05) is 5.16 Å². The number of piperidine rings is 1. The zero-order valence-corrected chi connectivity index (χ0v) is 14.1. The second kappa shape index (κ2) is 6.56. The first-order chi connectivity index (χ1) is 11.0. The van der Waals surface area contributed by atoms with Crippen LogP contribution in [0.2, 0.25) is 0 Å². The molecule has 1 amide bonds. The van der Waals surface area contributed by atoms with Gasteiger partial charge in [0.1, 0.15) is 5.76 Å². The van der Waals surface area contributed by atoms with Crippen molar-refractivity contribution in [2.75, 3.05) is 6.54 Å². The smallest absolute Gasteiger partial charge is 0.227 e. The third-order valence-electron chi connectivity index (χ3n) is 4.62. The van der Waals surface area contributed by atoms with Gasteiger partial charge in [0.05, 0.1) is 30.9 Å². The molecule has 3 rings (SSSR count). The fourth-order valence-electron chi connectivity index (χ4n) is 3.31. The summed E-state index contributed by atoms with van der Waals surface area (Å²) in [5, 5.41) is 8.31. The van der Waals surface area contributed by atoms with Crippen LogP contribution < -0.4 is 0 Å². The van der Waals surface area contributed by atoms with Gasteiger partial charge in [0.2, 0.25) is 5.91 Å². The molecule has 0 N–H and O–H groups in total. The van der Waals surface area contributed by atoms with Crippen molar-refractivity contribution in [2.24, 2.45) is 0 Å². The highest BCUT2D eigenvalue weighted by atomic mass is 16.5. The van der Waals surface area contributed by atoms with Crippen LogP contribution in [0.1, 0.15) is 41.8 Å². The Labute approximate surface area is 136 Å². The SMILES string of the molecule is Cc1cnn(C[C@@H]2CCCCN2C(=O)Cc2c(C)noc2C)c1. The van der Waals surface area contributed by atoms with Gasteiger partial charge < -0.3 is 9.42 Å². The Morgan fingerprint density at radius 2 is 2.17 bits per heavy atom. The van der Waals surface area contributed by atoms with E-state index in [0.29, 0.717) is 6.42 Å². The molecule has 0 radical (unpaired) electrons. The Hall–Kier alpha value is -2.11. The number of hydrogen-bond acceptors (Lipinski definition) is 4. The lowest BCUT2D eigenvalue weighted by atomic mass is 10.0. The lowest BCUT2D eigenvalue weighted by Gasteiger charge is -2.35. The third-order valence-corrected chi connectivity index (χ3v) is 4.62. The maximum Gasteiger partial charge on any atom is 0.227 e. The molecule has 0 saturated carbocycles.